The fourth-order valence-electron chi connectivity index (χ4n) is 2.53. The number of nitrogens with zero attached hydrogens (tertiary/aromatic N) is 1. The molecule has 4 heteroatoms. The summed E-state index contributed by atoms with van der Waals surface area (Å²) < 4.78 is 0. The van der Waals surface area contributed by atoms with Gasteiger partial charge < -0.3 is 10.4 Å². The molecule has 19 heavy (non-hydrogen) atoms. The van der Waals surface area contributed by atoms with Gasteiger partial charge in [-0.25, -0.2) is 4.79 Å². The fourth-order valence-corrected chi connectivity index (χ4v) is 2.53. The Balaban J connectivity index is 1.80. The van der Waals surface area contributed by atoms with E-state index in [0.29, 0.717) is 13.1 Å². The van der Waals surface area contributed by atoms with E-state index in [9.17, 15) is 9.90 Å². The highest BCUT2D eigenvalue weighted by atomic mass is 16.3. The molecule has 2 aromatic rings. The number of β-amino-alcohol motifs (C(OH)–C–C–N with tert-alkyl or cyclic N) is 1. The number of urea groups is 1. The van der Waals surface area contributed by atoms with E-state index in [4.69, 9.17) is 0 Å². The maximum Gasteiger partial charge on any atom is 0.319 e. The molecule has 0 radical (unpaired) electrons. The second kappa shape index (κ2) is 4.90. The Kier molecular flexibility index (Phi) is 3.09. The van der Waals surface area contributed by atoms with Crippen molar-refractivity contribution in [3.05, 3.63) is 48.0 Å². The number of aliphatic hydroxyl groups is 1. The monoisotopic (exact) mass is 256 g/mol. The van der Waals surface area contributed by atoms with Gasteiger partial charge in [0.05, 0.1) is 6.54 Å². The molecule has 2 N–H and O–H groups in total. The number of carbonyl (C=O) groups excluding carboxylic acids is 1. The van der Waals surface area contributed by atoms with Crippen molar-refractivity contribution in [1.82, 2.24) is 10.2 Å². The normalized spacial score (nSPS) is 18.9. The zero-order valence-electron chi connectivity index (χ0n) is 10.5. The topological polar surface area (TPSA) is 52.6 Å². The Bertz CT molecular complexity index is 607. The average molecular weight is 256 g/mol. The van der Waals surface area contributed by atoms with Crippen molar-refractivity contribution in [2.45, 2.75) is 12.6 Å². The van der Waals surface area contributed by atoms with Crippen LogP contribution in [0.15, 0.2) is 42.5 Å². The van der Waals surface area contributed by atoms with E-state index in [2.05, 4.69) is 29.6 Å². The summed E-state index contributed by atoms with van der Waals surface area (Å²) >= 11 is 0. The maximum absolute atomic E-state index is 11.5. The van der Waals surface area contributed by atoms with Gasteiger partial charge in [-0.1, -0.05) is 42.5 Å². The van der Waals surface area contributed by atoms with Crippen LogP contribution in [-0.4, -0.2) is 35.4 Å². The van der Waals surface area contributed by atoms with E-state index in [-0.39, 0.29) is 6.03 Å². The fraction of sp³-hybridized carbons (Fsp3) is 0.267. The summed E-state index contributed by atoms with van der Waals surface area (Å²) in [6, 6.07) is 14.2. The SMILES string of the molecule is O=C1NCC(O)N1CCc1cccc2ccccc12. The summed E-state index contributed by atoms with van der Waals surface area (Å²) in [4.78, 5) is 13.0. The summed E-state index contributed by atoms with van der Waals surface area (Å²) in [5.41, 5.74) is 1.20. The molecular weight excluding hydrogens is 240 g/mol. The van der Waals surface area contributed by atoms with E-state index in [0.717, 1.165) is 6.42 Å². The van der Waals surface area contributed by atoms with Gasteiger partial charge in [0.25, 0.3) is 0 Å². The van der Waals surface area contributed by atoms with Gasteiger partial charge in [0, 0.05) is 6.54 Å². The minimum atomic E-state index is -0.706. The second-order valence-corrected chi connectivity index (χ2v) is 4.75. The third-order valence-corrected chi connectivity index (χ3v) is 3.56. The van der Waals surface area contributed by atoms with Crippen LogP contribution in [0.4, 0.5) is 4.79 Å². The van der Waals surface area contributed by atoms with Crippen LogP contribution in [-0.2, 0) is 6.42 Å². The highest BCUT2D eigenvalue weighted by Gasteiger charge is 2.28. The average Bonchev–Trinajstić information content (AvgIpc) is 2.76. The van der Waals surface area contributed by atoms with E-state index in [1.165, 1.54) is 21.2 Å². The van der Waals surface area contributed by atoms with Crippen molar-refractivity contribution >= 4 is 16.8 Å². The lowest BCUT2D eigenvalue weighted by atomic mass is 10.0. The second-order valence-electron chi connectivity index (χ2n) is 4.75. The first-order chi connectivity index (χ1) is 9.25. The van der Waals surface area contributed by atoms with Gasteiger partial charge in [-0.3, -0.25) is 4.90 Å². The van der Waals surface area contributed by atoms with Crippen molar-refractivity contribution in [3.63, 3.8) is 0 Å². The molecule has 1 saturated heterocycles. The number of rotatable bonds is 3. The summed E-state index contributed by atoms with van der Waals surface area (Å²) in [6.07, 6.45) is 0.0359. The minimum absolute atomic E-state index is 0.187. The number of hydrogen-bond acceptors (Lipinski definition) is 2. The number of hydrogen-bond donors (Lipinski definition) is 2. The summed E-state index contributed by atoms with van der Waals surface area (Å²) in [5.74, 6) is 0. The van der Waals surface area contributed by atoms with Gasteiger partial charge >= 0.3 is 6.03 Å². The zero-order chi connectivity index (χ0) is 13.2. The number of fused-ring (bicyclic) bond motifs is 1. The molecule has 1 heterocycles. The first-order valence-electron chi connectivity index (χ1n) is 6.45. The van der Waals surface area contributed by atoms with Crippen molar-refractivity contribution in [2.75, 3.05) is 13.1 Å². The number of nitrogens with one attached hydrogen (secondary N) is 1. The van der Waals surface area contributed by atoms with Crippen LogP contribution in [0.5, 0.6) is 0 Å². The summed E-state index contributed by atoms with van der Waals surface area (Å²) in [6.45, 7) is 0.843. The molecule has 0 aromatic heterocycles. The first kappa shape index (κ1) is 12.0. The Morgan fingerprint density at radius 2 is 2.00 bits per heavy atom. The van der Waals surface area contributed by atoms with Crippen LogP contribution in [0.25, 0.3) is 10.8 Å². The van der Waals surface area contributed by atoms with E-state index >= 15 is 0 Å². The lowest BCUT2D eigenvalue weighted by Crippen LogP contribution is -2.35. The molecule has 2 aromatic carbocycles. The Morgan fingerprint density at radius 1 is 1.21 bits per heavy atom. The molecular formula is C15H16N2O2. The molecule has 1 unspecified atom stereocenters. The van der Waals surface area contributed by atoms with Gasteiger partial charge in [-0.2, -0.15) is 0 Å². The number of amides is 2. The van der Waals surface area contributed by atoms with Crippen LogP contribution < -0.4 is 5.32 Å². The number of carbonyl (C=O) groups is 1. The van der Waals surface area contributed by atoms with Gasteiger partial charge in [0.2, 0.25) is 0 Å². The third kappa shape index (κ3) is 2.27. The highest BCUT2D eigenvalue weighted by Crippen LogP contribution is 2.19. The largest absolute Gasteiger partial charge is 0.372 e. The maximum atomic E-state index is 11.5. The molecule has 0 spiro atoms. The van der Waals surface area contributed by atoms with E-state index in [1.807, 2.05) is 18.2 Å². The molecule has 1 aliphatic heterocycles. The molecule has 3 rings (SSSR count). The van der Waals surface area contributed by atoms with Crippen LogP contribution >= 0.6 is 0 Å². The molecule has 0 saturated carbocycles. The van der Waals surface area contributed by atoms with Gasteiger partial charge in [0.1, 0.15) is 6.23 Å². The predicted molar refractivity (Wildman–Crippen MR) is 73.8 cm³/mol. The molecule has 1 atom stereocenters. The summed E-state index contributed by atoms with van der Waals surface area (Å²) in [5, 5.41) is 14.7. The molecule has 0 aliphatic carbocycles. The standard InChI is InChI=1S/C15H16N2O2/c18-14-10-16-15(19)17(14)9-8-12-6-3-5-11-4-1-2-7-13(11)12/h1-7,14,18H,8-10H2,(H,16,19). The van der Waals surface area contributed by atoms with Crippen LogP contribution in [0.3, 0.4) is 0 Å². The zero-order valence-corrected chi connectivity index (χ0v) is 10.5. The van der Waals surface area contributed by atoms with Gasteiger partial charge in [-0.15, -0.1) is 0 Å². The molecule has 4 nitrogen and oxygen atoms in total. The minimum Gasteiger partial charge on any atom is -0.372 e. The number of aliphatic hydroxyl groups excluding tert-OH is 1. The quantitative estimate of drug-likeness (QED) is 0.878. The summed E-state index contributed by atoms with van der Waals surface area (Å²) in [7, 11) is 0. The van der Waals surface area contributed by atoms with E-state index < -0.39 is 6.23 Å². The molecule has 2 amide bonds. The Morgan fingerprint density at radius 3 is 2.79 bits per heavy atom. The smallest absolute Gasteiger partial charge is 0.319 e. The highest BCUT2D eigenvalue weighted by molar-refractivity contribution is 5.85. The lowest BCUT2D eigenvalue weighted by molar-refractivity contribution is 0.0656. The molecule has 1 fully saturated rings. The van der Waals surface area contributed by atoms with Crippen LogP contribution in [0, 0.1) is 0 Å². The molecule has 98 valence electrons. The molecule has 1 aliphatic rings. The van der Waals surface area contributed by atoms with E-state index in [1.54, 1.807) is 0 Å². The first-order valence-corrected chi connectivity index (χ1v) is 6.45. The lowest BCUT2D eigenvalue weighted by Gasteiger charge is -2.18. The van der Waals surface area contributed by atoms with Crippen molar-refractivity contribution in [3.8, 4) is 0 Å². The molecule has 0 bridgehead atoms. The van der Waals surface area contributed by atoms with Gasteiger partial charge in [-0.05, 0) is 22.8 Å². The van der Waals surface area contributed by atoms with Crippen molar-refractivity contribution < 1.29 is 9.90 Å². The van der Waals surface area contributed by atoms with Crippen LogP contribution in [0.1, 0.15) is 5.56 Å². The van der Waals surface area contributed by atoms with Crippen molar-refractivity contribution in [2.24, 2.45) is 0 Å². The Labute approximate surface area is 111 Å². The Hall–Kier alpha value is -2.07. The van der Waals surface area contributed by atoms with Gasteiger partial charge in [0.15, 0.2) is 0 Å². The third-order valence-electron chi connectivity index (χ3n) is 3.56. The van der Waals surface area contributed by atoms with Crippen molar-refractivity contribution in [1.29, 1.82) is 0 Å². The van der Waals surface area contributed by atoms with Crippen LogP contribution in [0.2, 0.25) is 0 Å². The number of benzene rings is 2. The predicted octanol–water partition coefficient (Wildman–Crippen LogP) is 1.73.